The number of ether oxygens (including phenoxy) is 1. The monoisotopic (exact) mass is 209 g/mol. The molecule has 0 atom stereocenters. The van der Waals surface area contributed by atoms with Crippen molar-refractivity contribution in [1.82, 2.24) is 15.3 Å². The molecule has 0 radical (unpaired) electrons. The SMILES string of the molecule is CNCCc1nc2c(c(=O)[nH]1)COCC2. The zero-order chi connectivity index (χ0) is 10.7. The molecule has 0 aromatic carbocycles. The zero-order valence-corrected chi connectivity index (χ0v) is 8.80. The second-order valence-corrected chi connectivity index (χ2v) is 3.59. The van der Waals surface area contributed by atoms with Crippen LogP contribution in [-0.4, -0.2) is 30.2 Å². The van der Waals surface area contributed by atoms with Gasteiger partial charge in [-0.2, -0.15) is 0 Å². The molecule has 0 spiro atoms. The summed E-state index contributed by atoms with van der Waals surface area (Å²) in [5, 5.41) is 3.03. The van der Waals surface area contributed by atoms with Gasteiger partial charge in [0, 0.05) is 19.4 Å². The third-order valence-electron chi connectivity index (χ3n) is 2.49. The second kappa shape index (κ2) is 4.55. The van der Waals surface area contributed by atoms with Crippen molar-refractivity contribution in [3.63, 3.8) is 0 Å². The normalized spacial score (nSPS) is 15.0. The van der Waals surface area contributed by atoms with Gasteiger partial charge in [0.2, 0.25) is 0 Å². The van der Waals surface area contributed by atoms with Crippen LogP contribution in [0.25, 0.3) is 0 Å². The summed E-state index contributed by atoms with van der Waals surface area (Å²) < 4.78 is 5.23. The van der Waals surface area contributed by atoms with E-state index in [1.165, 1.54) is 0 Å². The lowest BCUT2D eigenvalue weighted by Crippen LogP contribution is -2.26. The Labute approximate surface area is 87.9 Å². The van der Waals surface area contributed by atoms with Crippen molar-refractivity contribution in [3.8, 4) is 0 Å². The Morgan fingerprint density at radius 3 is 3.27 bits per heavy atom. The summed E-state index contributed by atoms with van der Waals surface area (Å²) in [7, 11) is 1.88. The average molecular weight is 209 g/mol. The first kappa shape index (κ1) is 10.3. The summed E-state index contributed by atoms with van der Waals surface area (Å²) in [6.45, 7) is 1.87. The highest BCUT2D eigenvalue weighted by atomic mass is 16.5. The summed E-state index contributed by atoms with van der Waals surface area (Å²) >= 11 is 0. The van der Waals surface area contributed by atoms with E-state index in [0.29, 0.717) is 18.8 Å². The summed E-state index contributed by atoms with van der Waals surface area (Å²) in [5.41, 5.74) is 1.54. The lowest BCUT2D eigenvalue weighted by atomic mass is 10.1. The van der Waals surface area contributed by atoms with Crippen molar-refractivity contribution in [2.75, 3.05) is 20.2 Å². The minimum Gasteiger partial charge on any atom is -0.376 e. The second-order valence-electron chi connectivity index (χ2n) is 3.59. The molecule has 0 saturated heterocycles. The van der Waals surface area contributed by atoms with Crippen LogP contribution in [0.5, 0.6) is 0 Å². The Hall–Kier alpha value is -1.20. The highest BCUT2D eigenvalue weighted by Gasteiger charge is 2.15. The Morgan fingerprint density at radius 2 is 2.47 bits per heavy atom. The fourth-order valence-corrected chi connectivity index (χ4v) is 1.66. The van der Waals surface area contributed by atoms with E-state index in [2.05, 4.69) is 15.3 Å². The van der Waals surface area contributed by atoms with Crippen LogP contribution >= 0.6 is 0 Å². The molecular formula is C10H15N3O2. The Bertz CT molecular complexity index is 400. The molecule has 0 fully saturated rings. The standard InChI is InChI=1S/C10H15N3O2/c1-11-4-2-9-12-8-3-5-15-6-7(8)10(14)13-9/h11H,2-6H2,1H3,(H,12,13,14). The van der Waals surface area contributed by atoms with Crippen molar-refractivity contribution in [1.29, 1.82) is 0 Å². The van der Waals surface area contributed by atoms with Gasteiger partial charge in [0.25, 0.3) is 5.56 Å². The van der Waals surface area contributed by atoms with Crippen molar-refractivity contribution < 1.29 is 4.74 Å². The Kier molecular flexibility index (Phi) is 3.13. The lowest BCUT2D eigenvalue weighted by Gasteiger charge is -2.15. The molecule has 5 heteroatoms. The first-order valence-electron chi connectivity index (χ1n) is 5.14. The average Bonchev–Trinajstić information content (AvgIpc) is 2.26. The number of fused-ring (bicyclic) bond motifs is 1. The molecule has 2 N–H and O–H groups in total. The summed E-state index contributed by atoms with van der Waals surface area (Å²) in [5.74, 6) is 0.759. The fraction of sp³-hybridized carbons (Fsp3) is 0.600. The smallest absolute Gasteiger partial charge is 0.256 e. The number of hydrogen-bond donors (Lipinski definition) is 2. The van der Waals surface area contributed by atoms with Crippen LogP contribution in [0.3, 0.4) is 0 Å². The van der Waals surface area contributed by atoms with Gasteiger partial charge in [-0.15, -0.1) is 0 Å². The highest BCUT2D eigenvalue weighted by molar-refractivity contribution is 5.19. The molecule has 2 rings (SSSR count). The van der Waals surface area contributed by atoms with Crippen molar-refractivity contribution in [2.45, 2.75) is 19.4 Å². The molecule has 5 nitrogen and oxygen atoms in total. The van der Waals surface area contributed by atoms with Crippen LogP contribution in [0, 0.1) is 0 Å². The van der Waals surface area contributed by atoms with Gasteiger partial charge in [0.15, 0.2) is 0 Å². The molecule has 1 aliphatic heterocycles. The van der Waals surface area contributed by atoms with Gasteiger partial charge < -0.3 is 15.0 Å². The predicted octanol–water partition coefficient (Wildman–Crippen LogP) is -0.395. The van der Waals surface area contributed by atoms with Crippen LogP contribution in [0.15, 0.2) is 4.79 Å². The van der Waals surface area contributed by atoms with Gasteiger partial charge in [-0.3, -0.25) is 4.79 Å². The van der Waals surface area contributed by atoms with E-state index in [9.17, 15) is 4.79 Å². The van der Waals surface area contributed by atoms with E-state index in [1.54, 1.807) is 0 Å². The van der Waals surface area contributed by atoms with E-state index < -0.39 is 0 Å². The molecule has 15 heavy (non-hydrogen) atoms. The molecule has 0 aliphatic carbocycles. The molecule has 0 saturated carbocycles. The molecule has 0 bridgehead atoms. The van der Waals surface area contributed by atoms with Crippen LogP contribution in [0.4, 0.5) is 0 Å². The van der Waals surface area contributed by atoms with Gasteiger partial charge in [-0.05, 0) is 7.05 Å². The maximum atomic E-state index is 11.7. The van der Waals surface area contributed by atoms with Crippen molar-refractivity contribution in [3.05, 3.63) is 27.4 Å². The van der Waals surface area contributed by atoms with Crippen LogP contribution in [0.2, 0.25) is 0 Å². The van der Waals surface area contributed by atoms with E-state index in [-0.39, 0.29) is 5.56 Å². The fourth-order valence-electron chi connectivity index (χ4n) is 1.66. The van der Waals surface area contributed by atoms with E-state index >= 15 is 0 Å². The maximum absolute atomic E-state index is 11.7. The third kappa shape index (κ3) is 2.24. The number of H-pyrrole nitrogens is 1. The van der Waals surface area contributed by atoms with Crippen LogP contribution < -0.4 is 10.9 Å². The van der Waals surface area contributed by atoms with Gasteiger partial charge >= 0.3 is 0 Å². The Balaban J connectivity index is 2.28. The first-order chi connectivity index (χ1) is 7.31. The number of nitrogens with zero attached hydrogens (tertiary/aromatic N) is 1. The number of aromatic amines is 1. The molecule has 82 valence electrons. The van der Waals surface area contributed by atoms with Crippen molar-refractivity contribution >= 4 is 0 Å². The third-order valence-corrected chi connectivity index (χ3v) is 2.49. The minimum atomic E-state index is -0.0502. The topological polar surface area (TPSA) is 67.0 Å². The van der Waals surface area contributed by atoms with E-state index in [4.69, 9.17) is 4.74 Å². The summed E-state index contributed by atoms with van der Waals surface area (Å²) in [6, 6.07) is 0. The van der Waals surface area contributed by atoms with Gasteiger partial charge in [-0.25, -0.2) is 4.98 Å². The molecule has 0 amide bonds. The molecule has 1 aromatic heterocycles. The zero-order valence-electron chi connectivity index (χ0n) is 8.80. The lowest BCUT2D eigenvalue weighted by molar-refractivity contribution is 0.108. The summed E-state index contributed by atoms with van der Waals surface area (Å²) in [4.78, 5) is 18.9. The predicted molar refractivity (Wildman–Crippen MR) is 55.8 cm³/mol. The molecular weight excluding hydrogens is 194 g/mol. The molecule has 2 heterocycles. The highest BCUT2D eigenvalue weighted by Crippen LogP contribution is 2.09. The number of rotatable bonds is 3. The number of hydrogen-bond acceptors (Lipinski definition) is 4. The van der Waals surface area contributed by atoms with Gasteiger partial charge in [0.05, 0.1) is 24.5 Å². The Morgan fingerprint density at radius 1 is 1.60 bits per heavy atom. The van der Waals surface area contributed by atoms with Crippen LogP contribution in [-0.2, 0) is 24.2 Å². The largest absolute Gasteiger partial charge is 0.376 e. The number of likely N-dealkylation sites (N-methyl/N-ethyl adjacent to an activating group) is 1. The molecule has 1 aromatic rings. The minimum absolute atomic E-state index is 0.0502. The first-order valence-corrected chi connectivity index (χ1v) is 5.14. The molecule has 1 aliphatic rings. The summed E-state index contributed by atoms with van der Waals surface area (Å²) in [6.07, 6.45) is 1.49. The number of nitrogens with one attached hydrogen (secondary N) is 2. The maximum Gasteiger partial charge on any atom is 0.256 e. The molecule has 0 unspecified atom stereocenters. The quantitative estimate of drug-likeness (QED) is 0.711. The van der Waals surface area contributed by atoms with Gasteiger partial charge in [0.1, 0.15) is 5.82 Å². The number of aromatic nitrogens is 2. The van der Waals surface area contributed by atoms with E-state index in [0.717, 1.165) is 30.9 Å². The van der Waals surface area contributed by atoms with Crippen LogP contribution in [0.1, 0.15) is 17.1 Å². The van der Waals surface area contributed by atoms with E-state index in [1.807, 2.05) is 7.05 Å². The van der Waals surface area contributed by atoms with Crippen molar-refractivity contribution in [2.24, 2.45) is 0 Å². The van der Waals surface area contributed by atoms with Gasteiger partial charge in [-0.1, -0.05) is 0 Å².